The van der Waals surface area contributed by atoms with Crippen molar-refractivity contribution in [1.29, 1.82) is 0 Å². The second-order valence-corrected chi connectivity index (χ2v) is 8.15. The summed E-state index contributed by atoms with van der Waals surface area (Å²) >= 11 is 0. The summed E-state index contributed by atoms with van der Waals surface area (Å²) in [7, 11) is 1.81. The maximum absolute atomic E-state index is 12.7. The number of rotatable bonds is 3. The molecule has 148 valence electrons. The van der Waals surface area contributed by atoms with Gasteiger partial charge in [-0.1, -0.05) is 0 Å². The van der Waals surface area contributed by atoms with Gasteiger partial charge in [0.2, 0.25) is 5.91 Å². The van der Waals surface area contributed by atoms with Gasteiger partial charge >= 0.3 is 0 Å². The molecular weight excluding hydrogens is 358 g/mol. The van der Waals surface area contributed by atoms with E-state index in [1.54, 1.807) is 17.2 Å². The second kappa shape index (κ2) is 6.77. The van der Waals surface area contributed by atoms with Crippen LogP contribution < -0.4 is 10.2 Å². The number of pyridine rings is 1. The molecule has 4 fully saturated rings. The third-order valence-electron chi connectivity index (χ3n) is 6.36. The molecule has 0 saturated carbocycles. The first-order valence-corrected chi connectivity index (χ1v) is 9.98. The third kappa shape index (κ3) is 3.11. The summed E-state index contributed by atoms with van der Waals surface area (Å²) < 4.78 is 5.95. The van der Waals surface area contributed by atoms with Crippen LogP contribution in [0, 0.1) is 5.92 Å². The van der Waals surface area contributed by atoms with Crippen molar-refractivity contribution in [3.8, 4) is 0 Å². The number of fused-ring (bicyclic) bond motifs is 4. The lowest BCUT2D eigenvalue weighted by atomic mass is 9.84. The van der Waals surface area contributed by atoms with Crippen LogP contribution in [-0.2, 0) is 4.79 Å². The van der Waals surface area contributed by atoms with Gasteiger partial charge in [-0.15, -0.1) is 0 Å². The Balaban J connectivity index is 1.32. The molecule has 0 unspecified atom stereocenters. The number of hydrogen-bond acceptors (Lipinski definition) is 6. The van der Waals surface area contributed by atoms with Crippen molar-refractivity contribution in [1.82, 2.24) is 20.1 Å². The minimum Gasteiger partial charge on any atom is -0.440 e. The van der Waals surface area contributed by atoms with Gasteiger partial charge in [0.05, 0.1) is 6.54 Å². The number of anilines is 1. The van der Waals surface area contributed by atoms with Crippen molar-refractivity contribution in [2.24, 2.45) is 5.92 Å². The maximum Gasteiger partial charge on any atom is 0.270 e. The lowest BCUT2D eigenvalue weighted by Crippen LogP contribution is -2.57. The van der Waals surface area contributed by atoms with Gasteiger partial charge in [0.1, 0.15) is 11.3 Å². The van der Waals surface area contributed by atoms with E-state index < -0.39 is 0 Å². The summed E-state index contributed by atoms with van der Waals surface area (Å²) in [5.41, 5.74) is 0.995. The van der Waals surface area contributed by atoms with Crippen LogP contribution in [0.5, 0.6) is 0 Å². The molecule has 0 aliphatic carbocycles. The number of amides is 2. The first-order valence-electron chi connectivity index (χ1n) is 9.98. The Morgan fingerprint density at radius 3 is 2.75 bits per heavy atom. The Morgan fingerprint density at radius 1 is 1.21 bits per heavy atom. The molecule has 8 heteroatoms. The number of carbonyl (C=O) groups is 2. The Bertz CT molecular complexity index is 918. The van der Waals surface area contributed by atoms with Gasteiger partial charge in [-0.05, 0) is 31.8 Å². The van der Waals surface area contributed by atoms with Gasteiger partial charge in [-0.3, -0.25) is 14.6 Å². The average Bonchev–Trinajstić information content (AvgIpc) is 3.14. The predicted octanol–water partition coefficient (Wildman–Crippen LogP) is 0.930. The van der Waals surface area contributed by atoms with E-state index >= 15 is 0 Å². The monoisotopic (exact) mass is 383 g/mol. The summed E-state index contributed by atoms with van der Waals surface area (Å²) in [6.45, 7) is 4.91. The van der Waals surface area contributed by atoms with Crippen molar-refractivity contribution in [2.45, 2.75) is 18.9 Å². The zero-order chi connectivity index (χ0) is 19.3. The first kappa shape index (κ1) is 17.5. The molecule has 2 amide bonds. The first-order chi connectivity index (χ1) is 13.6. The summed E-state index contributed by atoms with van der Waals surface area (Å²) in [6, 6.07) is 3.79. The lowest BCUT2D eigenvalue weighted by Gasteiger charge is -2.44. The highest BCUT2D eigenvalue weighted by molar-refractivity contribution is 5.96. The lowest BCUT2D eigenvalue weighted by molar-refractivity contribution is -0.129. The van der Waals surface area contributed by atoms with E-state index in [9.17, 15) is 9.59 Å². The van der Waals surface area contributed by atoms with Gasteiger partial charge in [0.25, 0.3) is 5.91 Å². The van der Waals surface area contributed by atoms with Crippen molar-refractivity contribution < 1.29 is 14.0 Å². The molecule has 4 aliphatic rings. The highest BCUT2D eigenvalue weighted by atomic mass is 16.4. The van der Waals surface area contributed by atoms with E-state index in [-0.39, 0.29) is 17.9 Å². The number of nitrogens with one attached hydrogen (secondary N) is 1. The van der Waals surface area contributed by atoms with Gasteiger partial charge in [-0.2, -0.15) is 0 Å². The minimum atomic E-state index is -0.145. The summed E-state index contributed by atoms with van der Waals surface area (Å²) in [5.74, 6) is 1.15. The fourth-order valence-corrected chi connectivity index (χ4v) is 4.52. The fourth-order valence-electron chi connectivity index (χ4n) is 4.52. The number of hydrogen-bond donors (Lipinski definition) is 1. The molecule has 2 aromatic rings. The van der Waals surface area contributed by atoms with Crippen LogP contribution in [0.4, 0.5) is 5.88 Å². The number of furan rings is 1. The van der Waals surface area contributed by atoms with E-state index in [1.165, 1.54) is 0 Å². The third-order valence-corrected chi connectivity index (χ3v) is 6.36. The molecule has 2 bridgehead atoms. The highest BCUT2D eigenvalue weighted by Crippen LogP contribution is 2.29. The molecule has 1 N–H and O–H groups in total. The van der Waals surface area contributed by atoms with E-state index in [0.717, 1.165) is 44.4 Å². The van der Waals surface area contributed by atoms with Gasteiger partial charge in [0, 0.05) is 56.4 Å². The molecule has 0 radical (unpaired) electrons. The average molecular weight is 383 g/mol. The van der Waals surface area contributed by atoms with Crippen molar-refractivity contribution in [3.63, 3.8) is 0 Å². The molecule has 0 spiro atoms. The van der Waals surface area contributed by atoms with Gasteiger partial charge < -0.3 is 24.4 Å². The molecule has 2 aromatic heterocycles. The number of nitrogens with zero attached hydrogens (tertiary/aromatic N) is 4. The molecule has 1 atom stereocenters. The molecule has 4 aliphatic heterocycles. The molecule has 0 aromatic carbocycles. The standard InChI is InChI=1S/C20H25N5O3/c1-23-6-7-25(12-18(23)26)19-8-14-10-21-15(9-17(14)28-19)20(27)22-16-11-24-4-2-13(16)3-5-24/h8-10,13,16H,2-7,11-12H2,1H3,(H,22,27)/t16-/m0/s1. The Morgan fingerprint density at radius 2 is 2.04 bits per heavy atom. The van der Waals surface area contributed by atoms with E-state index in [1.807, 2.05) is 18.0 Å². The van der Waals surface area contributed by atoms with E-state index in [0.29, 0.717) is 36.2 Å². The quantitative estimate of drug-likeness (QED) is 0.849. The number of piperidine rings is 3. The van der Waals surface area contributed by atoms with Crippen molar-refractivity contribution >= 4 is 28.7 Å². The van der Waals surface area contributed by atoms with E-state index in [2.05, 4.69) is 15.2 Å². The predicted molar refractivity (Wildman–Crippen MR) is 104 cm³/mol. The summed E-state index contributed by atoms with van der Waals surface area (Å²) in [4.78, 5) is 35.1. The summed E-state index contributed by atoms with van der Waals surface area (Å²) in [6.07, 6.45) is 3.98. The van der Waals surface area contributed by atoms with Crippen LogP contribution in [0.25, 0.3) is 11.0 Å². The molecule has 6 rings (SSSR count). The van der Waals surface area contributed by atoms with Crippen LogP contribution in [-0.4, -0.2) is 79.0 Å². The SMILES string of the molecule is CN1CCN(c2cc3cnc(C(=O)N[C@H]4CN5CCC4CC5)cc3o2)CC1=O. The van der Waals surface area contributed by atoms with Crippen molar-refractivity contribution in [2.75, 3.05) is 51.2 Å². The van der Waals surface area contributed by atoms with Crippen LogP contribution >= 0.6 is 0 Å². The van der Waals surface area contributed by atoms with E-state index in [4.69, 9.17) is 4.42 Å². The number of piperazine rings is 1. The minimum absolute atomic E-state index is 0.0717. The molecule has 28 heavy (non-hydrogen) atoms. The molecule has 4 saturated heterocycles. The zero-order valence-corrected chi connectivity index (χ0v) is 16.1. The van der Waals surface area contributed by atoms with Crippen LogP contribution in [0.3, 0.4) is 0 Å². The zero-order valence-electron chi connectivity index (χ0n) is 16.1. The number of aromatic nitrogens is 1. The Labute approximate surface area is 163 Å². The Kier molecular flexibility index (Phi) is 4.23. The van der Waals surface area contributed by atoms with Crippen LogP contribution in [0.1, 0.15) is 23.3 Å². The molecule has 6 heterocycles. The second-order valence-electron chi connectivity index (χ2n) is 8.15. The van der Waals surface area contributed by atoms with Gasteiger partial charge in [-0.25, -0.2) is 0 Å². The van der Waals surface area contributed by atoms with Crippen LogP contribution in [0.2, 0.25) is 0 Å². The normalized spacial score (nSPS) is 27.5. The topological polar surface area (TPSA) is 81.9 Å². The number of carbonyl (C=O) groups excluding carboxylic acids is 2. The van der Waals surface area contributed by atoms with Crippen molar-refractivity contribution in [3.05, 3.63) is 24.0 Å². The number of likely N-dealkylation sites (N-methyl/N-ethyl adjacent to an activating group) is 1. The largest absolute Gasteiger partial charge is 0.440 e. The summed E-state index contributed by atoms with van der Waals surface area (Å²) in [5, 5.41) is 4.00. The Hall–Kier alpha value is -2.61. The van der Waals surface area contributed by atoms with Crippen LogP contribution in [0.15, 0.2) is 22.7 Å². The molecular formula is C20H25N5O3. The maximum atomic E-state index is 12.7. The smallest absolute Gasteiger partial charge is 0.270 e. The van der Waals surface area contributed by atoms with Gasteiger partial charge in [0.15, 0.2) is 5.88 Å². The molecule has 8 nitrogen and oxygen atoms in total. The fraction of sp³-hybridized carbons (Fsp3) is 0.550. The highest BCUT2D eigenvalue weighted by Gasteiger charge is 2.35.